The second-order valence-corrected chi connectivity index (χ2v) is 5.35. The molecule has 0 saturated heterocycles. The first-order valence-corrected chi connectivity index (χ1v) is 6.84. The first kappa shape index (κ1) is 15.0. The highest BCUT2D eigenvalue weighted by Crippen LogP contribution is 2.20. The molecule has 1 heterocycles. The highest BCUT2D eigenvalue weighted by molar-refractivity contribution is 5.25. The summed E-state index contributed by atoms with van der Waals surface area (Å²) in [7, 11) is 0. The largest absolute Gasteiger partial charge is 0.472 e. The van der Waals surface area contributed by atoms with E-state index in [1.54, 1.807) is 0 Å². The molecule has 0 spiro atoms. The van der Waals surface area contributed by atoms with Gasteiger partial charge in [-0.15, -0.1) is 0 Å². The molecule has 0 radical (unpaired) electrons. The average molecular weight is 250 g/mol. The van der Waals surface area contributed by atoms with Gasteiger partial charge in [-0.05, 0) is 51.8 Å². The van der Waals surface area contributed by atoms with Gasteiger partial charge in [0.05, 0.1) is 0 Å². The summed E-state index contributed by atoms with van der Waals surface area (Å²) in [4.78, 5) is 4.45. The number of aryl methyl sites for hydroxylation is 1. The molecule has 0 aliphatic heterocycles. The maximum atomic E-state index is 5.94. The first-order valence-electron chi connectivity index (χ1n) is 6.84. The van der Waals surface area contributed by atoms with E-state index in [0.29, 0.717) is 0 Å². The molecule has 0 unspecified atom stereocenters. The van der Waals surface area contributed by atoms with Crippen molar-refractivity contribution in [2.45, 2.75) is 59.6 Å². The normalized spacial score (nSPS) is 11.6. The van der Waals surface area contributed by atoms with Gasteiger partial charge in [-0.3, -0.25) is 0 Å². The monoisotopic (exact) mass is 250 g/mol. The zero-order chi connectivity index (χ0) is 13.6. The Balaban J connectivity index is 2.74. The number of rotatable bonds is 7. The van der Waals surface area contributed by atoms with Crippen LogP contribution in [0.5, 0.6) is 5.88 Å². The fraction of sp³-hybridized carbons (Fsp3) is 0.667. The highest BCUT2D eigenvalue weighted by atomic mass is 16.5. The molecule has 1 aromatic rings. The molecule has 0 atom stereocenters. The molecule has 102 valence electrons. The predicted octanol–water partition coefficient (Wildman–Crippen LogP) is 3.46. The molecule has 0 aliphatic carbocycles. The van der Waals surface area contributed by atoms with E-state index in [2.05, 4.69) is 44.1 Å². The van der Waals surface area contributed by atoms with Gasteiger partial charge in [-0.25, -0.2) is 4.98 Å². The summed E-state index contributed by atoms with van der Waals surface area (Å²) in [5.74, 6) is 0.732. The van der Waals surface area contributed by atoms with Crippen molar-refractivity contribution in [2.75, 3.05) is 6.54 Å². The lowest BCUT2D eigenvalue weighted by atomic mass is 10.1. The number of aromatic nitrogens is 1. The summed E-state index contributed by atoms with van der Waals surface area (Å²) in [6, 6.07) is 4.14. The van der Waals surface area contributed by atoms with Crippen molar-refractivity contribution in [1.82, 2.24) is 10.3 Å². The third kappa shape index (κ3) is 5.05. The van der Waals surface area contributed by atoms with Gasteiger partial charge in [0.15, 0.2) is 0 Å². The van der Waals surface area contributed by atoms with Crippen molar-refractivity contribution >= 4 is 0 Å². The molecule has 1 rings (SSSR count). The van der Waals surface area contributed by atoms with Crippen molar-refractivity contribution in [3.05, 3.63) is 23.4 Å². The summed E-state index contributed by atoms with van der Waals surface area (Å²) in [6.45, 7) is 12.4. The zero-order valence-corrected chi connectivity index (χ0v) is 12.3. The number of nitrogens with zero attached hydrogens (tertiary/aromatic N) is 1. The fourth-order valence-corrected chi connectivity index (χ4v) is 1.63. The van der Waals surface area contributed by atoms with Gasteiger partial charge in [-0.1, -0.05) is 13.8 Å². The summed E-state index contributed by atoms with van der Waals surface area (Å²) >= 11 is 0. The Labute approximate surface area is 111 Å². The van der Waals surface area contributed by atoms with Gasteiger partial charge in [0.1, 0.15) is 5.60 Å². The number of hydrogen-bond acceptors (Lipinski definition) is 3. The molecule has 1 aromatic heterocycles. The minimum Gasteiger partial charge on any atom is -0.472 e. The van der Waals surface area contributed by atoms with Crippen LogP contribution >= 0.6 is 0 Å². The van der Waals surface area contributed by atoms with Gasteiger partial charge in [-0.2, -0.15) is 0 Å². The topological polar surface area (TPSA) is 34.2 Å². The Kier molecular flexibility index (Phi) is 5.60. The van der Waals surface area contributed by atoms with Crippen LogP contribution in [0.25, 0.3) is 0 Å². The van der Waals surface area contributed by atoms with E-state index >= 15 is 0 Å². The molecule has 3 nitrogen and oxygen atoms in total. The SMILES string of the molecule is CCCNCc1cc(C)nc(OC(C)(C)CC)c1. The van der Waals surface area contributed by atoms with Crippen LogP contribution in [0.15, 0.2) is 12.1 Å². The van der Waals surface area contributed by atoms with Crippen LogP contribution in [-0.2, 0) is 6.54 Å². The Bertz CT molecular complexity index is 375. The summed E-state index contributed by atoms with van der Waals surface area (Å²) in [6.07, 6.45) is 2.11. The lowest BCUT2D eigenvalue weighted by molar-refractivity contribution is 0.0987. The Morgan fingerprint density at radius 1 is 1.28 bits per heavy atom. The van der Waals surface area contributed by atoms with Crippen LogP contribution < -0.4 is 10.1 Å². The van der Waals surface area contributed by atoms with Crippen LogP contribution in [-0.4, -0.2) is 17.1 Å². The third-order valence-corrected chi connectivity index (χ3v) is 2.98. The van der Waals surface area contributed by atoms with Crippen molar-refractivity contribution in [2.24, 2.45) is 0 Å². The molecule has 1 N–H and O–H groups in total. The van der Waals surface area contributed by atoms with Crippen molar-refractivity contribution in [3.63, 3.8) is 0 Å². The van der Waals surface area contributed by atoms with E-state index in [0.717, 1.165) is 37.5 Å². The second-order valence-electron chi connectivity index (χ2n) is 5.35. The summed E-state index contributed by atoms with van der Waals surface area (Å²) in [5, 5.41) is 3.40. The van der Waals surface area contributed by atoms with Gasteiger partial charge in [0.2, 0.25) is 5.88 Å². The maximum Gasteiger partial charge on any atom is 0.214 e. The first-order chi connectivity index (χ1) is 8.46. The summed E-state index contributed by atoms with van der Waals surface area (Å²) < 4.78 is 5.94. The zero-order valence-electron chi connectivity index (χ0n) is 12.3. The van der Waals surface area contributed by atoms with E-state index in [1.165, 1.54) is 5.56 Å². The molecule has 0 bridgehead atoms. The molecule has 0 aliphatic rings. The number of pyridine rings is 1. The van der Waals surface area contributed by atoms with Crippen LogP contribution in [0.3, 0.4) is 0 Å². The van der Waals surface area contributed by atoms with Gasteiger partial charge in [0, 0.05) is 18.3 Å². The number of hydrogen-bond donors (Lipinski definition) is 1. The number of nitrogens with one attached hydrogen (secondary N) is 1. The van der Waals surface area contributed by atoms with E-state index in [9.17, 15) is 0 Å². The van der Waals surface area contributed by atoms with E-state index in [-0.39, 0.29) is 5.60 Å². The van der Waals surface area contributed by atoms with E-state index in [4.69, 9.17) is 4.74 Å². The maximum absolute atomic E-state index is 5.94. The van der Waals surface area contributed by atoms with Crippen molar-refractivity contribution in [1.29, 1.82) is 0 Å². The standard InChI is InChI=1S/C15H26N2O/c1-6-8-16-11-13-9-12(3)17-14(10-13)18-15(4,5)7-2/h9-10,16H,6-8,11H2,1-5H3. The highest BCUT2D eigenvalue weighted by Gasteiger charge is 2.17. The third-order valence-electron chi connectivity index (χ3n) is 2.98. The van der Waals surface area contributed by atoms with Gasteiger partial charge >= 0.3 is 0 Å². The van der Waals surface area contributed by atoms with E-state index in [1.807, 2.05) is 13.0 Å². The molecule has 0 amide bonds. The Morgan fingerprint density at radius 2 is 2.00 bits per heavy atom. The molecule has 18 heavy (non-hydrogen) atoms. The quantitative estimate of drug-likeness (QED) is 0.753. The Morgan fingerprint density at radius 3 is 2.61 bits per heavy atom. The lowest BCUT2D eigenvalue weighted by Crippen LogP contribution is -2.27. The predicted molar refractivity (Wildman–Crippen MR) is 76.0 cm³/mol. The van der Waals surface area contributed by atoms with Gasteiger partial charge in [0.25, 0.3) is 0 Å². The molecular formula is C15H26N2O. The molecule has 0 saturated carbocycles. The summed E-state index contributed by atoms with van der Waals surface area (Å²) in [5.41, 5.74) is 2.08. The molecule has 3 heteroatoms. The molecule has 0 fully saturated rings. The second kappa shape index (κ2) is 6.74. The smallest absolute Gasteiger partial charge is 0.214 e. The van der Waals surface area contributed by atoms with Gasteiger partial charge < -0.3 is 10.1 Å². The average Bonchev–Trinajstić information content (AvgIpc) is 2.28. The lowest BCUT2D eigenvalue weighted by Gasteiger charge is -2.24. The van der Waals surface area contributed by atoms with Crippen LogP contribution in [0.4, 0.5) is 0 Å². The minimum absolute atomic E-state index is 0.158. The molecular weight excluding hydrogens is 224 g/mol. The van der Waals surface area contributed by atoms with Crippen LogP contribution in [0.2, 0.25) is 0 Å². The fourth-order valence-electron chi connectivity index (χ4n) is 1.63. The van der Waals surface area contributed by atoms with Crippen LogP contribution in [0.1, 0.15) is 51.8 Å². The van der Waals surface area contributed by atoms with Crippen LogP contribution in [0, 0.1) is 6.92 Å². The van der Waals surface area contributed by atoms with E-state index < -0.39 is 0 Å². The van der Waals surface area contributed by atoms with Crippen molar-refractivity contribution < 1.29 is 4.74 Å². The number of ether oxygens (including phenoxy) is 1. The Hall–Kier alpha value is -1.09. The molecule has 0 aromatic carbocycles. The minimum atomic E-state index is -0.158. The van der Waals surface area contributed by atoms with Crippen molar-refractivity contribution in [3.8, 4) is 5.88 Å².